The molecule has 0 radical (unpaired) electrons. The van der Waals surface area contributed by atoms with Crippen molar-refractivity contribution in [2.45, 2.75) is 6.92 Å². The predicted molar refractivity (Wildman–Crippen MR) is 114 cm³/mol. The molecule has 0 saturated heterocycles. The van der Waals surface area contributed by atoms with Crippen molar-refractivity contribution in [3.05, 3.63) is 64.2 Å². The van der Waals surface area contributed by atoms with Gasteiger partial charge in [0.1, 0.15) is 35.7 Å². The molecule has 9 heteroatoms. The Bertz CT molecular complexity index is 1270. The second kappa shape index (κ2) is 7.34. The molecule has 3 heterocycles. The van der Waals surface area contributed by atoms with E-state index in [1.54, 1.807) is 34.9 Å². The number of fused-ring (bicyclic) bond motifs is 2. The Labute approximate surface area is 181 Å². The molecule has 2 aromatic heterocycles. The fourth-order valence-corrected chi connectivity index (χ4v) is 3.80. The molecule has 0 aliphatic carbocycles. The first-order chi connectivity index (χ1) is 14.5. The summed E-state index contributed by atoms with van der Waals surface area (Å²) in [5.41, 5.74) is 1.90. The first-order valence-corrected chi connectivity index (χ1v) is 9.93. The van der Waals surface area contributed by atoms with E-state index in [1.165, 1.54) is 6.07 Å². The Morgan fingerprint density at radius 2 is 1.90 bits per heavy atom. The first-order valence-electron chi connectivity index (χ1n) is 9.17. The van der Waals surface area contributed by atoms with Crippen LogP contribution in [-0.4, -0.2) is 27.6 Å². The lowest BCUT2D eigenvalue weighted by Gasteiger charge is -2.19. The van der Waals surface area contributed by atoms with Crippen LogP contribution in [-0.2, 0) is 0 Å². The van der Waals surface area contributed by atoms with E-state index in [2.05, 4.69) is 15.3 Å². The standard InChI is InChI=1S/C21H15Cl2FN4O2/c1-11-10-25-21-27-18(17-13(22)3-2-4-14(17)24)20(28(21)19(11)23)26-12-5-6-15-16(9-12)30-8-7-29-15/h2-6,9-10,26H,7-8H2,1H3. The van der Waals surface area contributed by atoms with Gasteiger partial charge in [-0.2, -0.15) is 0 Å². The minimum atomic E-state index is -0.496. The number of anilines is 2. The van der Waals surface area contributed by atoms with Gasteiger partial charge in [0.15, 0.2) is 11.5 Å². The van der Waals surface area contributed by atoms with Crippen molar-refractivity contribution in [2.75, 3.05) is 18.5 Å². The van der Waals surface area contributed by atoms with Gasteiger partial charge in [0.25, 0.3) is 0 Å². The van der Waals surface area contributed by atoms with Crippen LogP contribution in [0.3, 0.4) is 0 Å². The molecule has 5 rings (SSSR count). The van der Waals surface area contributed by atoms with Gasteiger partial charge < -0.3 is 14.8 Å². The molecule has 30 heavy (non-hydrogen) atoms. The van der Waals surface area contributed by atoms with E-state index in [-0.39, 0.29) is 10.6 Å². The minimum Gasteiger partial charge on any atom is -0.486 e. The van der Waals surface area contributed by atoms with Crippen LogP contribution in [0.15, 0.2) is 42.6 Å². The molecule has 0 spiro atoms. The van der Waals surface area contributed by atoms with Gasteiger partial charge in [-0.15, -0.1) is 0 Å². The largest absolute Gasteiger partial charge is 0.486 e. The van der Waals surface area contributed by atoms with Crippen LogP contribution in [0, 0.1) is 12.7 Å². The third kappa shape index (κ3) is 3.11. The average molecular weight is 445 g/mol. The van der Waals surface area contributed by atoms with Crippen molar-refractivity contribution in [1.82, 2.24) is 14.4 Å². The number of benzene rings is 2. The van der Waals surface area contributed by atoms with Gasteiger partial charge in [0, 0.05) is 23.5 Å². The third-order valence-corrected chi connectivity index (χ3v) is 5.54. The summed E-state index contributed by atoms with van der Waals surface area (Å²) in [5, 5.41) is 3.92. The molecule has 0 amide bonds. The highest BCUT2D eigenvalue weighted by Gasteiger charge is 2.23. The quantitative estimate of drug-likeness (QED) is 0.412. The number of imidazole rings is 1. The average Bonchev–Trinajstić information content (AvgIpc) is 3.09. The van der Waals surface area contributed by atoms with E-state index in [1.807, 2.05) is 13.0 Å². The highest BCUT2D eigenvalue weighted by molar-refractivity contribution is 6.33. The van der Waals surface area contributed by atoms with Crippen molar-refractivity contribution in [3.8, 4) is 22.8 Å². The molecule has 1 aliphatic rings. The summed E-state index contributed by atoms with van der Waals surface area (Å²) < 4.78 is 27.6. The summed E-state index contributed by atoms with van der Waals surface area (Å²) in [6.45, 7) is 2.80. The second-order valence-corrected chi connectivity index (χ2v) is 7.52. The zero-order valence-corrected chi connectivity index (χ0v) is 17.3. The van der Waals surface area contributed by atoms with E-state index in [4.69, 9.17) is 32.7 Å². The van der Waals surface area contributed by atoms with Crippen LogP contribution in [0.5, 0.6) is 11.5 Å². The summed E-state index contributed by atoms with van der Waals surface area (Å²) >= 11 is 12.9. The molecular formula is C21H15Cl2FN4O2. The van der Waals surface area contributed by atoms with Crippen LogP contribution in [0.1, 0.15) is 5.56 Å². The number of nitrogens with zero attached hydrogens (tertiary/aromatic N) is 3. The van der Waals surface area contributed by atoms with Gasteiger partial charge in [-0.25, -0.2) is 14.4 Å². The van der Waals surface area contributed by atoms with Crippen molar-refractivity contribution in [2.24, 2.45) is 0 Å². The number of rotatable bonds is 3. The Hall–Kier alpha value is -3.03. The molecule has 1 aliphatic heterocycles. The van der Waals surface area contributed by atoms with Gasteiger partial charge in [-0.3, -0.25) is 4.40 Å². The molecule has 0 fully saturated rings. The van der Waals surface area contributed by atoms with Crippen molar-refractivity contribution < 1.29 is 13.9 Å². The third-order valence-electron chi connectivity index (χ3n) is 4.76. The zero-order valence-electron chi connectivity index (χ0n) is 15.7. The summed E-state index contributed by atoms with van der Waals surface area (Å²) in [6.07, 6.45) is 1.62. The highest BCUT2D eigenvalue weighted by Crippen LogP contribution is 2.40. The van der Waals surface area contributed by atoms with Crippen LogP contribution in [0.25, 0.3) is 17.0 Å². The maximum absolute atomic E-state index is 14.7. The zero-order chi connectivity index (χ0) is 20.8. The van der Waals surface area contributed by atoms with Crippen molar-refractivity contribution in [3.63, 3.8) is 0 Å². The monoisotopic (exact) mass is 444 g/mol. The smallest absolute Gasteiger partial charge is 0.237 e. The molecule has 0 saturated carbocycles. The summed E-state index contributed by atoms with van der Waals surface area (Å²) in [4.78, 5) is 8.85. The fourth-order valence-electron chi connectivity index (χ4n) is 3.34. The van der Waals surface area contributed by atoms with E-state index < -0.39 is 5.82 Å². The number of nitrogens with one attached hydrogen (secondary N) is 1. The van der Waals surface area contributed by atoms with Gasteiger partial charge in [0.05, 0.1) is 10.6 Å². The highest BCUT2D eigenvalue weighted by atomic mass is 35.5. The lowest BCUT2D eigenvalue weighted by atomic mass is 10.1. The van der Waals surface area contributed by atoms with E-state index in [0.29, 0.717) is 52.8 Å². The minimum absolute atomic E-state index is 0.165. The van der Waals surface area contributed by atoms with Crippen LogP contribution >= 0.6 is 23.2 Å². The molecule has 0 atom stereocenters. The number of halogens is 3. The summed E-state index contributed by atoms with van der Waals surface area (Å²) in [6, 6.07) is 9.92. The van der Waals surface area contributed by atoms with E-state index >= 15 is 0 Å². The normalized spacial score (nSPS) is 12.9. The molecule has 152 valence electrons. The lowest BCUT2D eigenvalue weighted by molar-refractivity contribution is 0.171. The molecule has 0 bridgehead atoms. The van der Waals surface area contributed by atoms with Crippen LogP contribution in [0.4, 0.5) is 15.9 Å². The first kappa shape index (κ1) is 19.0. The number of aromatic nitrogens is 3. The van der Waals surface area contributed by atoms with E-state index in [9.17, 15) is 4.39 Å². The van der Waals surface area contributed by atoms with Gasteiger partial charge in [0.2, 0.25) is 5.78 Å². The lowest BCUT2D eigenvalue weighted by Crippen LogP contribution is -2.15. The molecule has 0 unspecified atom stereocenters. The Morgan fingerprint density at radius 1 is 1.10 bits per heavy atom. The molecule has 1 N–H and O–H groups in total. The number of hydrogen-bond donors (Lipinski definition) is 1. The molecular weight excluding hydrogens is 430 g/mol. The summed E-state index contributed by atoms with van der Waals surface area (Å²) in [7, 11) is 0. The Kier molecular flexibility index (Phi) is 4.64. The van der Waals surface area contributed by atoms with Crippen molar-refractivity contribution >= 4 is 40.5 Å². The van der Waals surface area contributed by atoms with E-state index in [0.717, 1.165) is 5.56 Å². The predicted octanol–water partition coefficient (Wildman–Crippen LogP) is 5.67. The van der Waals surface area contributed by atoms with Gasteiger partial charge >= 0.3 is 0 Å². The topological polar surface area (TPSA) is 60.7 Å². The number of aryl methyl sites for hydroxylation is 1. The number of hydrogen-bond acceptors (Lipinski definition) is 5. The maximum Gasteiger partial charge on any atom is 0.237 e. The van der Waals surface area contributed by atoms with Gasteiger partial charge in [-0.05, 0) is 31.2 Å². The van der Waals surface area contributed by atoms with Crippen molar-refractivity contribution in [1.29, 1.82) is 0 Å². The Morgan fingerprint density at radius 3 is 2.70 bits per heavy atom. The fraction of sp³-hybridized carbons (Fsp3) is 0.143. The van der Waals surface area contributed by atoms with Crippen LogP contribution in [0.2, 0.25) is 10.2 Å². The summed E-state index contributed by atoms with van der Waals surface area (Å²) in [5.74, 6) is 1.54. The molecule has 2 aromatic carbocycles. The van der Waals surface area contributed by atoms with Crippen LogP contribution < -0.4 is 14.8 Å². The molecule has 6 nitrogen and oxygen atoms in total. The maximum atomic E-state index is 14.7. The SMILES string of the molecule is Cc1cnc2nc(-c3c(F)cccc3Cl)c(Nc3ccc4c(c3)OCCO4)n2c1Cl. The Balaban J connectivity index is 1.72. The number of ether oxygens (including phenoxy) is 2. The second-order valence-electron chi connectivity index (χ2n) is 6.76. The molecule has 4 aromatic rings. The van der Waals surface area contributed by atoms with Gasteiger partial charge in [-0.1, -0.05) is 29.3 Å².